The van der Waals surface area contributed by atoms with Gasteiger partial charge in [0.1, 0.15) is 0 Å². The Morgan fingerprint density at radius 3 is 2.65 bits per heavy atom. The molecular formula is C17H19N3O3. The number of nitrogens with one attached hydrogen (secondary N) is 2. The van der Waals surface area contributed by atoms with E-state index in [1.165, 1.54) is 0 Å². The highest BCUT2D eigenvalue weighted by Gasteiger charge is 2.12. The van der Waals surface area contributed by atoms with E-state index < -0.39 is 6.10 Å². The summed E-state index contributed by atoms with van der Waals surface area (Å²) in [5, 5.41) is 13.4. The van der Waals surface area contributed by atoms with E-state index in [0.717, 1.165) is 16.6 Å². The third kappa shape index (κ3) is 3.22. The van der Waals surface area contributed by atoms with Crippen LogP contribution in [0.4, 0.5) is 5.95 Å². The van der Waals surface area contributed by atoms with Gasteiger partial charge in [0.15, 0.2) is 11.5 Å². The number of aromatic nitrogens is 2. The Kier molecular flexibility index (Phi) is 4.34. The molecule has 6 nitrogen and oxygen atoms in total. The number of nitrogens with zero attached hydrogens (tertiary/aromatic N) is 1. The first-order valence-electron chi connectivity index (χ1n) is 7.30. The van der Waals surface area contributed by atoms with Crippen LogP contribution in [-0.2, 0) is 0 Å². The normalized spacial score (nSPS) is 12.1. The van der Waals surface area contributed by atoms with Gasteiger partial charge in [-0.15, -0.1) is 0 Å². The summed E-state index contributed by atoms with van der Waals surface area (Å²) >= 11 is 0. The lowest BCUT2D eigenvalue weighted by molar-refractivity contribution is 0.191. The molecule has 1 aromatic heterocycles. The molecule has 3 aromatic rings. The molecule has 0 radical (unpaired) electrons. The van der Waals surface area contributed by atoms with E-state index >= 15 is 0 Å². The van der Waals surface area contributed by atoms with Crippen LogP contribution in [0.1, 0.15) is 11.7 Å². The van der Waals surface area contributed by atoms with Gasteiger partial charge in [0, 0.05) is 6.54 Å². The van der Waals surface area contributed by atoms with Gasteiger partial charge >= 0.3 is 0 Å². The highest BCUT2D eigenvalue weighted by Crippen LogP contribution is 2.30. The minimum Gasteiger partial charge on any atom is -0.493 e. The van der Waals surface area contributed by atoms with Crippen LogP contribution < -0.4 is 14.8 Å². The second-order valence-electron chi connectivity index (χ2n) is 5.11. The lowest BCUT2D eigenvalue weighted by atomic mass is 10.1. The maximum absolute atomic E-state index is 10.3. The van der Waals surface area contributed by atoms with Crippen molar-refractivity contribution in [3.63, 3.8) is 0 Å². The topological polar surface area (TPSA) is 79.4 Å². The molecule has 3 rings (SSSR count). The zero-order valence-electron chi connectivity index (χ0n) is 13.0. The van der Waals surface area contributed by atoms with Crippen molar-refractivity contribution < 1.29 is 14.6 Å². The summed E-state index contributed by atoms with van der Waals surface area (Å²) in [5.74, 6) is 1.85. The number of hydrogen-bond donors (Lipinski definition) is 3. The fourth-order valence-corrected chi connectivity index (χ4v) is 2.41. The van der Waals surface area contributed by atoms with Gasteiger partial charge in [-0.2, -0.15) is 0 Å². The van der Waals surface area contributed by atoms with Crippen molar-refractivity contribution in [1.29, 1.82) is 0 Å². The van der Waals surface area contributed by atoms with Crippen molar-refractivity contribution in [2.45, 2.75) is 6.10 Å². The van der Waals surface area contributed by atoms with Crippen molar-refractivity contribution in [2.24, 2.45) is 0 Å². The molecule has 0 fully saturated rings. The van der Waals surface area contributed by atoms with Crippen LogP contribution in [0, 0.1) is 0 Å². The number of hydrogen-bond acceptors (Lipinski definition) is 5. The van der Waals surface area contributed by atoms with Gasteiger partial charge in [-0.1, -0.05) is 18.2 Å². The Hall–Kier alpha value is -2.73. The molecule has 0 aliphatic carbocycles. The average molecular weight is 313 g/mol. The molecule has 1 atom stereocenters. The van der Waals surface area contributed by atoms with E-state index in [2.05, 4.69) is 15.3 Å². The second kappa shape index (κ2) is 6.58. The number of benzene rings is 2. The summed E-state index contributed by atoms with van der Waals surface area (Å²) in [6.45, 7) is 0.329. The van der Waals surface area contributed by atoms with Crippen molar-refractivity contribution in [3.05, 3.63) is 48.0 Å². The van der Waals surface area contributed by atoms with Gasteiger partial charge in [0.05, 0.1) is 31.4 Å². The van der Waals surface area contributed by atoms with Gasteiger partial charge in [0.25, 0.3) is 0 Å². The Morgan fingerprint density at radius 1 is 1.13 bits per heavy atom. The number of imidazole rings is 1. The first kappa shape index (κ1) is 15.2. The number of ether oxygens (including phenoxy) is 2. The molecule has 6 heteroatoms. The number of aromatic amines is 1. The zero-order valence-corrected chi connectivity index (χ0v) is 13.0. The van der Waals surface area contributed by atoms with E-state index in [1.807, 2.05) is 30.3 Å². The molecule has 3 N–H and O–H groups in total. The number of anilines is 1. The highest BCUT2D eigenvalue weighted by atomic mass is 16.5. The van der Waals surface area contributed by atoms with Crippen LogP contribution in [0.15, 0.2) is 42.5 Å². The van der Waals surface area contributed by atoms with Crippen molar-refractivity contribution >= 4 is 17.0 Å². The fraction of sp³-hybridized carbons (Fsp3) is 0.235. The SMILES string of the molecule is COc1ccc(C(O)CNc2nc3ccccc3[nH]2)cc1OC. The third-order valence-electron chi connectivity index (χ3n) is 3.64. The number of aliphatic hydroxyl groups excluding tert-OH is 1. The summed E-state index contributed by atoms with van der Waals surface area (Å²) in [6, 6.07) is 13.1. The lowest BCUT2D eigenvalue weighted by Crippen LogP contribution is -2.13. The Bertz CT molecular complexity index is 768. The van der Waals surface area contributed by atoms with Gasteiger partial charge in [-0.25, -0.2) is 4.98 Å². The largest absolute Gasteiger partial charge is 0.493 e. The molecule has 1 heterocycles. The van der Waals surface area contributed by atoms with Crippen LogP contribution >= 0.6 is 0 Å². The summed E-state index contributed by atoms with van der Waals surface area (Å²) in [5.41, 5.74) is 2.58. The highest BCUT2D eigenvalue weighted by molar-refractivity contribution is 5.77. The lowest BCUT2D eigenvalue weighted by Gasteiger charge is -2.14. The Balaban J connectivity index is 1.70. The van der Waals surface area contributed by atoms with Crippen molar-refractivity contribution in [2.75, 3.05) is 26.1 Å². The second-order valence-corrected chi connectivity index (χ2v) is 5.11. The third-order valence-corrected chi connectivity index (χ3v) is 3.64. The molecule has 23 heavy (non-hydrogen) atoms. The fourth-order valence-electron chi connectivity index (χ4n) is 2.41. The number of methoxy groups -OCH3 is 2. The molecule has 0 saturated carbocycles. The Labute approximate surface area is 134 Å². The van der Waals surface area contributed by atoms with Crippen molar-refractivity contribution in [3.8, 4) is 11.5 Å². The van der Waals surface area contributed by atoms with E-state index in [4.69, 9.17) is 9.47 Å². The summed E-state index contributed by atoms with van der Waals surface area (Å²) in [7, 11) is 3.15. The maximum Gasteiger partial charge on any atom is 0.201 e. The maximum atomic E-state index is 10.3. The molecule has 120 valence electrons. The van der Waals surface area contributed by atoms with Crippen LogP contribution in [0.5, 0.6) is 11.5 Å². The molecule has 0 amide bonds. The van der Waals surface area contributed by atoms with Gasteiger partial charge < -0.3 is 24.9 Å². The predicted molar refractivity (Wildman–Crippen MR) is 89.1 cm³/mol. The number of rotatable bonds is 6. The molecule has 0 saturated heterocycles. The molecule has 2 aromatic carbocycles. The average Bonchev–Trinajstić information content (AvgIpc) is 3.01. The molecule has 0 aliphatic heterocycles. The number of fused-ring (bicyclic) bond motifs is 1. The van der Waals surface area contributed by atoms with Crippen LogP contribution in [0.2, 0.25) is 0 Å². The first-order valence-corrected chi connectivity index (χ1v) is 7.30. The molecule has 0 bridgehead atoms. The summed E-state index contributed by atoms with van der Waals surface area (Å²) < 4.78 is 10.5. The Morgan fingerprint density at radius 2 is 1.91 bits per heavy atom. The quantitative estimate of drug-likeness (QED) is 0.652. The standard InChI is InChI=1S/C17H19N3O3/c1-22-15-8-7-11(9-16(15)23-2)14(21)10-18-17-19-12-5-3-4-6-13(12)20-17/h3-9,14,21H,10H2,1-2H3,(H2,18,19,20). The number of H-pyrrole nitrogens is 1. The first-order chi connectivity index (χ1) is 11.2. The smallest absolute Gasteiger partial charge is 0.201 e. The monoisotopic (exact) mass is 313 g/mol. The summed E-state index contributed by atoms with van der Waals surface area (Å²) in [6.07, 6.45) is -0.692. The summed E-state index contributed by atoms with van der Waals surface area (Å²) in [4.78, 5) is 7.58. The minimum atomic E-state index is -0.692. The van der Waals surface area contributed by atoms with E-state index in [-0.39, 0.29) is 0 Å². The van der Waals surface area contributed by atoms with Gasteiger partial charge in [0.2, 0.25) is 5.95 Å². The van der Waals surface area contributed by atoms with Crippen LogP contribution in [0.25, 0.3) is 11.0 Å². The van der Waals surface area contributed by atoms with Gasteiger partial charge in [-0.05, 0) is 29.8 Å². The number of aliphatic hydroxyl groups is 1. The van der Waals surface area contributed by atoms with Crippen molar-refractivity contribution in [1.82, 2.24) is 9.97 Å². The minimum absolute atomic E-state index is 0.329. The molecule has 1 unspecified atom stereocenters. The van der Waals surface area contributed by atoms with E-state index in [0.29, 0.717) is 24.0 Å². The van der Waals surface area contributed by atoms with Gasteiger partial charge in [-0.3, -0.25) is 0 Å². The molecule has 0 aliphatic rings. The molecule has 0 spiro atoms. The predicted octanol–water partition coefficient (Wildman–Crippen LogP) is 2.73. The van der Waals surface area contributed by atoms with Crippen LogP contribution in [-0.4, -0.2) is 35.8 Å². The molecular weight excluding hydrogens is 294 g/mol. The zero-order chi connectivity index (χ0) is 16.2. The van der Waals surface area contributed by atoms with E-state index in [9.17, 15) is 5.11 Å². The number of para-hydroxylation sites is 2. The van der Waals surface area contributed by atoms with E-state index in [1.54, 1.807) is 26.4 Å². The van der Waals surface area contributed by atoms with Crippen LogP contribution in [0.3, 0.4) is 0 Å².